The summed E-state index contributed by atoms with van der Waals surface area (Å²) in [5, 5.41) is 19.2. The molecule has 2 heterocycles. The standard InChI is InChI=1S/C23H26N4O4S/c1-16(2)27-20-12-5-4-11-19(20)21(23(27)29)24-25-22(28)17-9-8-10-18(15-17)32(30,31)26-13-6-3-7-14-26/h4-5,8-12,15-16,29H,3,6-7,13-14H2,1-2H3. The van der Waals surface area contributed by atoms with Crippen molar-refractivity contribution in [2.24, 2.45) is 10.2 Å². The zero-order valence-corrected chi connectivity index (χ0v) is 18.9. The number of amides is 1. The van der Waals surface area contributed by atoms with Crippen LogP contribution in [0.3, 0.4) is 0 Å². The number of nitrogens with zero attached hydrogens (tertiary/aromatic N) is 4. The maximum Gasteiger partial charge on any atom is 0.295 e. The minimum atomic E-state index is -3.66. The molecule has 9 heteroatoms. The van der Waals surface area contributed by atoms with E-state index >= 15 is 0 Å². The van der Waals surface area contributed by atoms with Crippen LogP contribution in [0.15, 0.2) is 63.7 Å². The van der Waals surface area contributed by atoms with Crippen molar-refractivity contribution in [2.75, 3.05) is 13.1 Å². The van der Waals surface area contributed by atoms with Crippen LogP contribution in [0.25, 0.3) is 10.9 Å². The Kier molecular flexibility index (Phi) is 6.12. The van der Waals surface area contributed by atoms with E-state index in [4.69, 9.17) is 0 Å². The van der Waals surface area contributed by atoms with Gasteiger partial charge in [0.2, 0.25) is 15.9 Å². The molecule has 1 saturated heterocycles. The summed E-state index contributed by atoms with van der Waals surface area (Å²) in [6.45, 7) is 4.85. The number of para-hydroxylation sites is 1. The fraction of sp³-hybridized carbons (Fsp3) is 0.348. The molecule has 168 valence electrons. The van der Waals surface area contributed by atoms with Crippen molar-refractivity contribution in [2.45, 2.75) is 44.0 Å². The molecule has 0 aliphatic carbocycles. The smallest absolute Gasteiger partial charge is 0.295 e. The van der Waals surface area contributed by atoms with Crippen LogP contribution in [0.1, 0.15) is 49.5 Å². The average molecular weight is 455 g/mol. The predicted octanol–water partition coefficient (Wildman–Crippen LogP) is 5.03. The molecule has 1 aliphatic heterocycles. The van der Waals surface area contributed by atoms with Gasteiger partial charge in [-0.2, -0.15) is 4.31 Å². The number of fused-ring (bicyclic) bond motifs is 1. The zero-order chi connectivity index (χ0) is 22.9. The number of piperidine rings is 1. The number of azo groups is 1. The van der Waals surface area contributed by atoms with E-state index in [0.29, 0.717) is 18.5 Å². The summed E-state index contributed by atoms with van der Waals surface area (Å²) in [6, 6.07) is 13.2. The van der Waals surface area contributed by atoms with Gasteiger partial charge in [0.1, 0.15) is 0 Å². The minimum Gasteiger partial charge on any atom is -0.493 e. The number of aromatic nitrogens is 1. The quantitative estimate of drug-likeness (QED) is 0.546. The van der Waals surface area contributed by atoms with Crippen molar-refractivity contribution in [3.05, 3.63) is 54.1 Å². The highest BCUT2D eigenvalue weighted by atomic mass is 32.2. The van der Waals surface area contributed by atoms with Crippen LogP contribution in [0.5, 0.6) is 5.88 Å². The largest absolute Gasteiger partial charge is 0.493 e. The second-order valence-corrected chi connectivity index (χ2v) is 10.1. The van der Waals surface area contributed by atoms with E-state index in [1.54, 1.807) is 10.6 Å². The molecule has 3 aromatic rings. The van der Waals surface area contributed by atoms with E-state index in [0.717, 1.165) is 24.8 Å². The topological polar surface area (TPSA) is 104 Å². The molecule has 1 aromatic heterocycles. The summed E-state index contributed by atoms with van der Waals surface area (Å²) in [4.78, 5) is 12.8. The fourth-order valence-corrected chi connectivity index (χ4v) is 5.61. The van der Waals surface area contributed by atoms with Gasteiger partial charge in [-0.25, -0.2) is 8.42 Å². The van der Waals surface area contributed by atoms with Crippen molar-refractivity contribution < 1.29 is 18.3 Å². The number of rotatable bonds is 5. The maximum absolute atomic E-state index is 12.9. The average Bonchev–Trinajstić information content (AvgIpc) is 3.09. The third-order valence-electron chi connectivity index (χ3n) is 5.65. The zero-order valence-electron chi connectivity index (χ0n) is 18.1. The summed E-state index contributed by atoms with van der Waals surface area (Å²) in [7, 11) is -3.66. The Morgan fingerprint density at radius 2 is 1.75 bits per heavy atom. The molecule has 0 saturated carbocycles. The Bertz CT molecular complexity index is 1290. The van der Waals surface area contributed by atoms with Crippen LogP contribution in [0.4, 0.5) is 5.69 Å². The number of sulfonamides is 1. The number of hydrogen-bond acceptors (Lipinski definition) is 5. The Balaban J connectivity index is 1.65. The molecule has 0 spiro atoms. The molecular weight excluding hydrogens is 428 g/mol. The first-order chi connectivity index (χ1) is 15.3. The Hall–Kier alpha value is -3.04. The van der Waals surface area contributed by atoms with Crippen LogP contribution < -0.4 is 0 Å². The molecule has 4 rings (SSSR count). The third-order valence-corrected chi connectivity index (χ3v) is 7.54. The van der Waals surface area contributed by atoms with Crippen molar-refractivity contribution in [3.8, 4) is 5.88 Å². The van der Waals surface area contributed by atoms with Gasteiger partial charge in [-0.3, -0.25) is 4.79 Å². The molecule has 8 nitrogen and oxygen atoms in total. The van der Waals surface area contributed by atoms with E-state index in [1.807, 2.05) is 32.0 Å². The van der Waals surface area contributed by atoms with Gasteiger partial charge in [0.05, 0.1) is 10.4 Å². The fourth-order valence-electron chi connectivity index (χ4n) is 4.05. The van der Waals surface area contributed by atoms with E-state index in [9.17, 15) is 18.3 Å². The highest BCUT2D eigenvalue weighted by molar-refractivity contribution is 7.89. The van der Waals surface area contributed by atoms with Gasteiger partial charge in [0.25, 0.3) is 5.91 Å². The van der Waals surface area contributed by atoms with Gasteiger partial charge in [-0.1, -0.05) is 30.7 Å². The number of aromatic hydroxyl groups is 1. The van der Waals surface area contributed by atoms with Crippen LogP contribution in [0, 0.1) is 0 Å². The molecule has 1 fully saturated rings. The van der Waals surface area contributed by atoms with Crippen LogP contribution in [0.2, 0.25) is 0 Å². The number of carbonyl (C=O) groups is 1. The second kappa shape index (κ2) is 8.84. The summed E-state index contributed by atoms with van der Waals surface area (Å²) >= 11 is 0. The number of carbonyl (C=O) groups excluding carboxylic acids is 1. The van der Waals surface area contributed by atoms with E-state index in [2.05, 4.69) is 10.2 Å². The first kappa shape index (κ1) is 22.2. The van der Waals surface area contributed by atoms with Crippen LogP contribution in [-0.2, 0) is 10.0 Å². The maximum atomic E-state index is 12.9. The Labute approximate surface area is 187 Å². The minimum absolute atomic E-state index is 0.0174. The van der Waals surface area contributed by atoms with Crippen LogP contribution in [-0.4, -0.2) is 41.4 Å². The number of benzene rings is 2. The van der Waals surface area contributed by atoms with Gasteiger partial charge >= 0.3 is 0 Å². The predicted molar refractivity (Wildman–Crippen MR) is 122 cm³/mol. The monoisotopic (exact) mass is 454 g/mol. The van der Waals surface area contributed by atoms with E-state index < -0.39 is 15.9 Å². The van der Waals surface area contributed by atoms with Gasteiger partial charge in [0, 0.05) is 30.1 Å². The normalized spacial score (nSPS) is 15.7. The van der Waals surface area contributed by atoms with Gasteiger partial charge in [-0.05, 0) is 51.0 Å². The van der Waals surface area contributed by atoms with Crippen molar-refractivity contribution in [1.82, 2.24) is 8.87 Å². The molecule has 0 atom stereocenters. The summed E-state index contributed by atoms with van der Waals surface area (Å²) in [5.41, 5.74) is 1.12. The first-order valence-corrected chi connectivity index (χ1v) is 12.1. The van der Waals surface area contributed by atoms with Crippen molar-refractivity contribution in [3.63, 3.8) is 0 Å². The SMILES string of the molecule is CC(C)n1c(O)c(N=NC(=O)c2cccc(S(=O)(=O)N3CCCCC3)c2)c2ccccc21. The highest BCUT2D eigenvalue weighted by Crippen LogP contribution is 2.40. The number of hydrogen-bond donors (Lipinski definition) is 1. The van der Waals surface area contributed by atoms with Gasteiger partial charge < -0.3 is 9.67 Å². The summed E-state index contributed by atoms with van der Waals surface area (Å²) < 4.78 is 29.0. The lowest BCUT2D eigenvalue weighted by Gasteiger charge is -2.25. The Morgan fingerprint density at radius 3 is 2.47 bits per heavy atom. The first-order valence-electron chi connectivity index (χ1n) is 10.7. The third kappa shape index (κ3) is 4.05. The molecule has 1 N–H and O–H groups in total. The second-order valence-electron chi connectivity index (χ2n) is 8.15. The lowest BCUT2D eigenvalue weighted by atomic mass is 10.2. The molecule has 0 unspecified atom stereocenters. The molecule has 2 aromatic carbocycles. The van der Waals surface area contributed by atoms with E-state index in [1.165, 1.54) is 28.6 Å². The van der Waals surface area contributed by atoms with Crippen LogP contribution >= 0.6 is 0 Å². The molecule has 1 amide bonds. The molecule has 0 bridgehead atoms. The van der Waals surface area contributed by atoms with Gasteiger partial charge in [-0.15, -0.1) is 10.2 Å². The highest BCUT2D eigenvalue weighted by Gasteiger charge is 2.26. The molecule has 0 radical (unpaired) electrons. The lowest BCUT2D eigenvalue weighted by Crippen LogP contribution is -2.35. The lowest BCUT2D eigenvalue weighted by molar-refractivity contribution is 0.0995. The molecule has 32 heavy (non-hydrogen) atoms. The van der Waals surface area contributed by atoms with E-state index in [-0.39, 0.29) is 28.1 Å². The summed E-state index contributed by atoms with van der Waals surface area (Å²) in [5.74, 6) is -0.749. The van der Waals surface area contributed by atoms with Crippen molar-refractivity contribution in [1.29, 1.82) is 0 Å². The molecular formula is C23H26N4O4S. The van der Waals surface area contributed by atoms with Crippen molar-refractivity contribution >= 4 is 32.5 Å². The van der Waals surface area contributed by atoms with Gasteiger partial charge in [0.15, 0.2) is 5.69 Å². The molecule has 1 aliphatic rings. The summed E-state index contributed by atoms with van der Waals surface area (Å²) in [6.07, 6.45) is 2.68. The Morgan fingerprint density at radius 1 is 1.03 bits per heavy atom.